The minimum Gasteiger partial charge on any atom is -0.325 e. The van der Waals surface area contributed by atoms with Crippen LogP contribution in [0.5, 0.6) is 0 Å². The molecule has 86 valence electrons. The molecule has 1 amide bonds. The van der Waals surface area contributed by atoms with Crippen LogP contribution in [-0.4, -0.2) is 23.6 Å². The molecule has 0 saturated carbocycles. The third-order valence-electron chi connectivity index (χ3n) is 2.22. The molecule has 1 heterocycles. The number of hydrogen-bond acceptors (Lipinski definition) is 3. The van der Waals surface area contributed by atoms with Crippen LogP contribution < -0.4 is 10.6 Å². The predicted octanol–water partition coefficient (Wildman–Crippen LogP) is 2.59. The Balaban J connectivity index is 2.02. The maximum atomic E-state index is 11.7. The van der Waals surface area contributed by atoms with Gasteiger partial charge in [0, 0.05) is 17.3 Å². The lowest BCUT2D eigenvalue weighted by Crippen LogP contribution is -2.37. The quantitative estimate of drug-likeness (QED) is 0.873. The average Bonchev–Trinajstić information content (AvgIpc) is 2.77. The van der Waals surface area contributed by atoms with Gasteiger partial charge in [0.1, 0.15) is 0 Å². The van der Waals surface area contributed by atoms with Crippen LogP contribution in [0.15, 0.2) is 18.2 Å². The van der Waals surface area contributed by atoms with E-state index in [1.807, 2.05) is 0 Å². The number of carbonyl (C=O) groups is 1. The van der Waals surface area contributed by atoms with Crippen LogP contribution in [0, 0.1) is 0 Å². The van der Waals surface area contributed by atoms with Crippen molar-refractivity contribution in [3.8, 4) is 0 Å². The molecule has 0 spiro atoms. The van der Waals surface area contributed by atoms with Crippen LogP contribution >= 0.6 is 35.0 Å². The molecule has 0 aliphatic carbocycles. The first-order valence-corrected chi connectivity index (χ1v) is 6.65. The molecule has 1 aliphatic rings. The van der Waals surface area contributed by atoms with Crippen LogP contribution in [0.3, 0.4) is 0 Å². The highest BCUT2D eigenvalue weighted by molar-refractivity contribution is 7.99. The van der Waals surface area contributed by atoms with E-state index in [0.29, 0.717) is 15.7 Å². The zero-order chi connectivity index (χ0) is 11.5. The third-order valence-corrected chi connectivity index (χ3v) is 3.90. The van der Waals surface area contributed by atoms with Gasteiger partial charge in [-0.15, -0.1) is 11.8 Å². The Morgan fingerprint density at radius 2 is 2.25 bits per heavy atom. The third kappa shape index (κ3) is 2.83. The molecule has 1 atom stereocenters. The number of anilines is 1. The molecule has 0 bridgehead atoms. The second kappa shape index (κ2) is 5.27. The maximum Gasteiger partial charge on any atom is 0.242 e. The topological polar surface area (TPSA) is 41.1 Å². The van der Waals surface area contributed by atoms with E-state index in [0.717, 1.165) is 11.6 Å². The van der Waals surface area contributed by atoms with Crippen molar-refractivity contribution in [3.05, 3.63) is 28.2 Å². The highest BCUT2D eigenvalue weighted by Crippen LogP contribution is 2.25. The fraction of sp³-hybridized carbons (Fsp3) is 0.300. The molecule has 1 aromatic rings. The monoisotopic (exact) mass is 276 g/mol. The van der Waals surface area contributed by atoms with Crippen molar-refractivity contribution in [2.24, 2.45) is 0 Å². The van der Waals surface area contributed by atoms with Crippen molar-refractivity contribution < 1.29 is 4.79 Å². The number of amides is 1. The van der Waals surface area contributed by atoms with Gasteiger partial charge in [0.15, 0.2) is 0 Å². The number of carbonyl (C=O) groups excluding carboxylic acids is 1. The van der Waals surface area contributed by atoms with Gasteiger partial charge >= 0.3 is 0 Å². The van der Waals surface area contributed by atoms with E-state index in [2.05, 4.69) is 10.6 Å². The summed E-state index contributed by atoms with van der Waals surface area (Å²) in [7, 11) is 0. The molecule has 1 saturated heterocycles. The molecule has 0 radical (unpaired) electrons. The molecule has 1 fully saturated rings. The van der Waals surface area contributed by atoms with Gasteiger partial charge in [0.2, 0.25) is 5.91 Å². The molecule has 3 nitrogen and oxygen atoms in total. The molecule has 2 rings (SSSR count). The number of hydrogen-bond donors (Lipinski definition) is 2. The van der Waals surface area contributed by atoms with Crippen LogP contribution in [0.1, 0.15) is 0 Å². The molecular weight excluding hydrogens is 267 g/mol. The number of halogens is 2. The van der Waals surface area contributed by atoms with E-state index in [9.17, 15) is 4.79 Å². The summed E-state index contributed by atoms with van der Waals surface area (Å²) in [5.74, 6) is 1.58. The zero-order valence-corrected chi connectivity index (χ0v) is 10.6. The van der Waals surface area contributed by atoms with Crippen molar-refractivity contribution in [1.29, 1.82) is 0 Å². The van der Waals surface area contributed by atoms with Gasteiger partial charge in [-0.05, 0) is 18.2 Å². The predicted molar refractivity (Wildman–Crippen MR) is 69.3 cm³/mol. The Bertz CT molecular complexity index is 408. The molecule has 1 unspecified atom stereocenters. The summed E-state index contributed by atoms with van der Waals surface area (Å²) in [5.41, 5.74) is 0.665. The number of rotatable bonds is 2. The van der Waals surface area contributed by atoms with E-state index in [4.69, 9.17) is 23.2 Å². The summed E-state index contributed by atoms with van der Waals surface area (Å²) in [6.45, 7) is 0. The van der Waals surface area contributed by atoms with Crippen LogP contribution in [0.2, 0.25) is 10.0 Å². The molecule has 6 heteroatoms. The van der Waals surface area contributed by atoms with Gasteiger partial charge in [-0.2, -0.15) is 0 Å². The summed E-state index contributed by atoms with van der Waals surface area (Å²) in [6.07, 6.45) is 0. The van der Waals surface area contributed by atoms with Crippen molar-refractivity contribution in [3.63, 3.8) is 0 Å². The summed E-state index contributed by atoms with van der Waals surface area (Å²) in [5, 5.41) is 6.81. The first-order valence-electron chi connectivity index (χ1n) is 4.74. The van der Waals surface area contributed by atoms with Gasteiger partial charge in [-0.3, -0.25) is 10.1 Å². The van der Waals surface area contributed by atoms with E-state index >= 15 is 0 Å². The smallest absolute Gasteiger partial charge is 0.242 e. The van der Waals surface area contributed by atoms with Gasteiger partial charge in [0.25, 0.3) is 0 Å². The standard InChI is InChI=1S/C10H10Cl2N2OS/c11-7-2-1-6(3-8(7)12)14-10(15)9-4-16-5-13-9/h1-3,9,13H,4-5H2,(H,14,15). The molecule has 0 aromatic heterocycles. The first-order chi connectivity index (χ1) is 7.66. The summed E-state index contributed by atoms with van der Waals surface area (Å²) >= 11 is 13.3. The lowest BCUT2D eigenvalue weighted by molar-refractivity contribution is -0.117. The Hall–Kier alpha value is -0.420. The number of benzene rings is 1. The minimum atomic E-state index is -0.126. The van der Waals surface area contributed by atoms with Gasteiger partial charge in [0.05, 0.1) is 16.1 Å². The second-order valence-corrected chi connectivity index (χ2v) is 5.23. The highest BCUT2D eigenvalue weighted by Gasteiger charge is 2.22. The average molecular weight is 277 g/mol. The van der Waals surface area contributed by atoms with E-state index in [-0.39, 0.29) is 11.9 Å². The van der Waals surface area contributed by atoms with Gasteiger partial charge in [-0.25, -0.2) is 0 Å². The molecule has 1 aromatic carbocycles. The molecule has 16 heavy (non-hydrogen) atoms. The largest absolute Gasteiger partial charge is 0.325 e. The Morgan fingerprint density at radius 1 is 1.44 bits per heavy atom. The molecule has 2 N–H and O–H groups in total. The Labute approximate surface area is 108 Å². The van der Waals surface area contributed by atoms with Gasteiger partial charge < -0.3 is 5.32 Å². The lowest BCUT2D eigenvalue weighted by Gasteiger charge is -2.10. The highest BCUT2D eigenvalue weighted by atomic mass is 35.5. The van der Waals surface area contributed by atoms with E-state index in [1.165, 1.54) is 0 Å². The van der Waals surface area contributed by atoms with Crippen molar-refractivity contribution >= 4 is 46.6 Å². The second-order valence-electron chi connectivity index (χ2n) is 3.39. The normalized spacial score (nSPS) is 19.8. The zero-order valence-electron chi connectivity index (χ0n) is 8.30. The fourth-order valence-electron chi connectivity index (χ4n) is 1.37. The maximum absolute atomic E-state index is 11.7. The fourth-order valence-corrected chi connectivity index (χ4v) is 2.61. The summed E-state index contributed by atoms with van der Waals surface area (Å²) in [4.78, 5) is 11.7. The van der Waals surface area contributed by atoms with Crippen LogP contribution in [-0.2, 0) is 4.79 Å². The first kappa shape index (κ1) is 12.0. The number of nitrogens with one attached hydrogen (secondary N) is 2. The summed E-state index contributed by atoms with van der Waals surface area (Å²) < 4.78 is 0. The van der Waals surface area contributed by atoms with E-state index < -0.39 is 0 Å². The summed E-state index contributed by atoms with van der Waals surface area (Å²) in [6, 6.07) is 4.91. The van der Waals surface area contributed by atoms with Crippen molar-refractivity contribution in [2.45, 2.75) is 6.04 Å². The molecule has 1 aliphatic heterocycles. The minimum absolute atomic E-state index is 0.0385. The van der Waals surface area contributed by atoms with Crippen molar-refractivity contribution in [1.82, 2.24) is 5.32 Å². The van der Waals surface area contributed by atoms with Crippen LogP contribution in [0.4, 0.5) is 5.69 Å². The Morgan fingerprint density at radius 3 is 2.88 bits per heavy atom. The van der Waals surface area contributed by atoms with Crippen molar-refractivity contribution in [2.75, 3.05) is 16.9 Å². The SMILES string of the molecule is O=C(Nc1ccc(Cl)c(Cl)c1)C1CSCN1. The van der Waals surface area contributed by atoms with Crippen LogP contribution in [0.25, 0.3) is 0 Å². The number of thioether (sulfide) groups is 1. The molecular formula is C10H10Cl2N2OS. The Kier molecular flexibility index (Phi) is 3.97. The lowest BCUT2D eigenvalue weighted by atomic mass is 10.2. The van der Waals surface area contributed by atoms with E-state index in [1.54, 1.807) is 30.0 Å². The van der Waals surface area contributed by atoms with Gasteiger partial charge in [-0.1, -0.05) is 23.2 Å².